The van der Waals surface area contributed by atoms with Gasteiger partial charge in [-0.2, -0.15) is 0 Å². The number of carboxylic acid groups (broad SMARTS) is 3. The van der Waals surface area contributed by atoms with Gasteiger partial charge in [0.1, 0.15) is 0 Å². The van der Waals surface area contributed by atoms with Gasteiger partial charge in [-0.05, 0) is 19.3 Å². The lowest BCUT2D eigenvalue weighted by molar-refractivity contribution is -0.929. The van der Waals surface area contributed by atoms with Crippen LogP contribution in [-0.2, 0) is 14.4 Å². The number of unbranched alkanes of at least 4 members (excludes halogenated alkanes) is 8. The van der Waals surface area contributed by atoms with Gasteiger partial charge in [0, 0.05) is 25.7 Å². The smallest absolute Gasteiger partial charge is 0.306 e. The number of quaternary nitrogens is 1. The van der Waals surface area contributed by atoms with Crippen molar-refractivity contribution in [2.45, 2.75) is 111 Å². The van der Waals surface area contributed by atoms with Crippen molar-refractivity contribution < 1.29 is 34.2 Å². The molecular formula is C29H54NO6+. The van der Waals surface area contributed by atoms with E-state index >= 15 is 0 Å². The lowest BCUT2D eigenvalue weighted by Gasteiger charge is -2.40. The maximum absolute atomic E-state index is 11.4. The first-order chi connectivity index (χ1) is 17.0. The summed E-state index contributed by atoms with van der Waals surface area (Å²) < 4.78 is 0.582. The van der Waals surface area contributed by atoms with Crippen molar-refractivity contribution in [3.8, 4) is 0 Å². The molecule has 0 fully saturated rings. The summed E-state index contributed by atoms with van der Waals surface area (Å²) in [5, 5.41) is 28.1. The molecule has 0 aliphatic heterocycles. The van der Waals surface area contributed by atoms with Crippen LogP contribution in [0.3, 0.4) is 0 Å². The summed E-state index contributed by atoms with van der Waals surface area (Å²) in [6.07, 6.45) is 18.0. The van der Waals surface area contributed by atoms with E-state index in [0.29, 0.717) is 43.4 Å². The molecule has 3 unspecified atom stereocenters. The van der Waals surface area contributed by atoms with E-state index in [1.165, 1.54) is 44.9 Å². The molecule has 3 atom stereocenters. The summed E-state index contributed by atoms with van der Waals surface area (Å²) in [4.78, 5) is 34.3. The van der Waals surface area contributed by atoms with Crippen molar-refractivity contribution in [2.75, 3.05) is 26.2 Å². The first-order valence-electron chi connectivity index (χ1n) is 14.2. The first-order valence-corrected chi connectivity index (χ1v) is 14.2. The van der Waals surface area contributed by atoms with E-state index in [2.05, 4.69) is 19.1 Å². The topological polar surface area (TPSA) is 112 Å². The quantitative estimate of drug-likeness (QED) is 0.0762. The van der Waals surface area contributed by atoms with Crippen molar-refractivity contribution in [3.05, 3.63) is 12.2 Å². The van der Waals surface area contributed by atoms with Crippen LogP contribution in [0.15, 0.2) is 12.2 Å². The largest absolute Gasteiger partial charge is 0.481 e. The average molecular weight is 513 g/mol. The number of carboxylic acids is 3. The van der Waals surface area contributed by atoms with Gasteiger partial charge in [-0.25, -0.2) is 0 Å². The van der Waals surface area contributed by atoms with Crippen LogP contribution in [0.25, 0.3) is 0 Å². The Hall–Kier alpha value is -1.89. The average Bonchev–Trinajstić information content (AvgIpc) is 2.84. The maximum atomic E-state index is 11.4. The molecule has 0 aliphatic carbocycles. The predicted octanol–water partition coefficient (Wildman–Crippen LogP) is 6.61. The molecule has 0 aromatic rings. The minimum atomic E-state index is -0.834. The van der Waals surface area contributed by atoms with Crippen LogP contribution in [0.5, 0.6) is 0 Å². The summed E-state index contributed by atoms with van der Waals surface area (Å²) in [5.74, 6) is -3.97. The number of allylic oxidation sites excluding steroid dienone is 2. The zero-order valence-electron chi connectivity index (χ0n) is 23.4. The summed E-state index contributed by atoms with van der Waals surface area (Å²) >= 11 is 0. The zero-order chi connectivity index (χ0) is 27.4. The molecule has 7 nitrogen and oxygen atoms in total. The summed E-state index contributed by atoms with van der Waals surface area (Å²) in [7, 11) is 0. The van der Waals surface area contributed by atoms with E-state index in [-0.39, 0.29) is 0 Å². The van der Waals surface area contributed by atoms with Crippen LogP contribution in [0, 0.1) is 17.8 Å². The SMILES string of the molecule is CCCCCCCCC/C=C/CCC[N+](CCC(C)C(=O)O)(CCC(C)C(=O)O)CCC(C)C(=O)O. The molecule has 210 valence electrons. The van der Waals surface area contributed by atoms with Crippen molar-refractivity contribution in [1.82, 2.24) is 0 Å². The predicted molar refractivity (Wildman–Crippen MR) is 145 cm³/mol. The summed E-state index contributed by atoms with van der Waals surface area (Å²) in [5.41, 5.74) is 0. The Labute approximate surface area is 219 Å². The fourth-order valence-electron chi connectivity index (χ4n) is 4.44. The van der Waals surface area contributed by atoms with Gasteiger partial charge in [-0.15, -0.1) is 0 Å². The standard InChI is InChI=1S/C29H53NO6/c1-5-6-7-8-9-10-11-12-13-14-15-16-20-30(21-17-24(2)27(31)32,22-18-25(3)28(33)34)23-19-26(4)29(35)36/h13-14,24-26H,5-12,15-23H2,1-4H3,(H2-,31,32,33,34,35,36)/p+1/b14-13+. The Balaban J connectivity index is 5.01. The monoisotopic (exact) mass is 512 g/mol. The molecule has 0 amide bonds. The fraction of sp³-hybridized carbons (Fsp3) is 0.828. The van der Waals surface area contributed by atoms with Crippen LogP contribution in [0.4, 0.5) is 0 Å². The van der Waals surface area contributed by atoms with Gasteiger partial charge in [0.15, 0.2) is 0 Å². The van der Waals surface area contributed by atoms with E-state index in [1.54, 1.807) is 20.8 Å². The molecule has 0 aliphatic rings. The highest BCUT2D eigenvalue weighted by Gasteiger charge is 2.31. The van der Waals surface area contributed by atoms with Crippen LogP contribution >= 0.6 is 0 Å². The van der Waals surface area contributed by atoms with Gasteiger partial charge < -0.3 is 19.8 Å². The number of nitrogens with zero attached hydrogens (tertiary/aromatic N) is 1. The van der Waals surface area contributed by atoms with Crippen molar-refractivity contribution >= 4 is 17.9 Å². The molecule has 36 heavy (non-hydrogen) atoms. The maximum Gasteiger partial charge on any atom is 0.306 e. The van der Waals surface area contributed by atoms with E-state index in [0.717, 1.165) is 25.8 Å². The molecule has 0 aromatic carbocycles. The molecule has 0 radical (unpaired) electrons. The molecule has 3 N–H and O–H groups in total. The van der Waals surface area contributed by atoms with E-state index < -0.39 is 35.7 Å². The summed E-state index contributed by atoms with van der Waals surface area (Å²) in [6, 6.07) is 0. The van der Waals surface area contributed by atoms with Crippen LogP contribution in [-0.4, -0.2) is 63.9 Å². The number of rotatable bonds is 24. The van der Waals surface area contributed by atoms with Gasteiger partial charge in [-0.1, -0.05) is 78.4 Å². The molecule has 0 saturated heterocycles. The number of hydrogen-bond donors (Lipinski definition) is 3. The third kappa shape index (κ3) is 16.7. The highest BCUT2D eigenvalue weighted by atomic mass is 16.4. The van der Waals surface area contributed by atoms with Crippen molar-refractivity contribution in [1.29, 1.82) is 0 Å². The zero-order valence-corrected chi connectivity index (χ0v) is 23.4. The molecule has 0 saturated carbocycles. The lowest BCUT2D eigenvalue weighted by atomic mass is 10.0. The Morgan fingerprint density at radius 1 is 0.583 bits per heavy atom. The third-order valence-electron chi connectivity index (χ3n) is 7.52. The van der Waals surface area contributed by atoms with Crippen LogP contribution < -0.4 is 0 Å². The summed E-state index contributed by atoms with van der Waals surface area (Å²) in [6.45, 7) is 9.98. The molecule has 0 heterocycles. The first kappa shape index (κ1) is 34.1. The number of hydrogen-bond acceptors (Lipinski definition) is 3. The normalized spacial score (nSPS) is 15.9. The highest BCUT2D eigenvalue weighted by molar-refractivity contribution is 5.70. The van der Waals surface area contributed by atoms with Crippen LogP contribution in [0.1, 0.15) is 111 Å². The molecule has 0 spiro atoms. The van der Waals surface area contributed by atoms with E-state index in [9.17, 15) is 29.7 Å². The Bertz CT molecular complexity index is 588. The van der Waals surface area contributed by atoms with Gasteiger partial charge in [0.25, 0.3) is 0 Å². The van der Waals surface area contributed by atoms with E-state index in [4.69, 9.17) is 0 Å². The van der Waals surface area contributed by atoms with Gasteiger partial charge >= 0.3 is 17.9 Å². The number of carbonyl (C=O) groups is 3. The Kier molecular flexibility index (Phi) is 19.1. The lowest BCUT2D eigenvalue weighted by Crippen LogP contribution is -2.52. The van der Waals surface area contributed by atoms with Gasteiger partial charge in [0.2, 0.25) is 0 Å². The molecule has 7 heteroatoms. The van der Waals surface area contributed by atoms with Crippen molar-refractivity contribution in [2.24, 2.45) is 17.8 Å². The molecular weight excluding hydrogens is 458 g/mol. The van der Waals surface area contributed by atoms with Gasteiger partial charge in [0.05, 0.1) is 43.9 Å². The third-order valence-corrected chi connectivity index (χ3v) is 7.52. The Morgan fingerprint density at radius 2 is 0.944 bits per heavy atom. The number of aliphatic carboxylic acids is 3. The Morgan fingerprint density at radius 3 is 1.33 bits per heavy atom. The van der Waals surface area contributed by atoms with Crippen LogP contribution in [0.2, 0.25) is 0 Å². The van der Waals surface area contributed by atoms with E-state index in [1.807, 2.05) is 0 Å². The second-order valence-corrected chi connectivity index (χ2v) is 10.8. The molecule has 0 aromatic heterocycles. The van der Waals surface area contributed by atoms with Crippen molar-refractivity contribution in [3.63, 3.8) is 0 Å². The fourth-order valence-corrected chi connectivity index (χ4v) is 4.44. The second-order valence-electron chi connectivity index (χ2n) is 10.8. The second kappa shape index (κ2) is 20.2. The highest BCUT2D eigenvalue weighted by Crippen LogP contribution is 2.21. The van der Waals surface area contributed by atoms with Gasteiger partial charge in [-0.3, -0.25) is 14.4 Å². The minimum absolute atomic E-state index is 0.488. The minimum Gasteiger partial charge on any atom is -0.481 e. The molecule has 0 rings (SSSR count). The molecule has 0 bridgehead atoms.